The fourth-order valence-corrected chi connectivity index (χ4v) is 7.69. The first-order chi connectivity index (χ1) is 26.9. The van der Waals surface area contributed by atoms with Crippen molar-refractivity contribution in [3.63, 3.8) is 0 Å². The highest BCUT2D eigenvalue weighted by Gasteiger charge is 2.77. The summed E-state index contributed by atoms with van der Waals surface area (Å²) in [6.07, 6.45) is -9.56. The molecule has 0 aromatic heterocycles. The lowest BCUT2D eigenvalue weighted by Crippen LogP contribution is -2.61. The van der Waals surface area contributed by atoms with Gasteiger partial charge < -0.3 is 73.6 Å². The van der Waals surface area contributed by atoms with Gasteiger partial charge in [0, 0.05) is 18.1 Å². The molecule has 5 aliphatic rings. The Balaban J connectivity index is 1.09. The molecule has 3 saturated heterocycles. The van der Waals surface area contributed by atoms with Crippen molar-refractivity contribution in [2.45, 2.75) is 92.4 Å². The number of rotatable bonds is 12. The van der Waals surface area contributed by atoms with Gasteiger partial charge in [-0.1, -0.05) is 42.5 Å². The SMILES string of the molecule is C[C@@H]1O[C@@H](O[C@H]2[C@@H]3C=CO[C@@H](O[C@@H]4O[C@H](CO)[C@@H](O)[C@H](O)[C@H]4O)[C@@H]3[C@@]3(CO)O[C@@H]23)[C@H](O)[C@H](OC(=O)/C=C/c2ccccc2)[C@H]1OC(=O)/C=C/c1ccc(O)cc1. The lowest BCUT2D eigenvalue weighted by molar-refractivity contribution is -0.347. The Hall–Kier alpha value is -4.24. The van der Waals surface area contributed by atoms with E-state index in [1.807, 2.05) is 6.07 Å². The first kappa shape index (κ1) is 40.0. The highest BCUT2D eigenvalue weighted by Crippen LogP contribution is 2.61. The van der Waals surface area contributed by atoms with Crippen molar-refractivity contribution < 1.29 is 83.2 Å². The second-order valence-corrected chi connectivity index (χ2v) is 14.2. The number of hydrogen-bond donors (Lipinski definition) is 7. The number of carbonyl (C=O) groups is 2. The Bertz CT molecular complexity index is 1770. The minimum absolute atomic E-state index is 0.0483. The molecule has 4 aliphatic heterocycles. The molecule has 0 spiro atoms. The van der Waals surface area contributed by atoms with Crippen LogP contribution in [0.4, 0.5) is 0 Å². The summed E-state index contributed by atoms with van der Waals surface area (Å²) in [5, 5.41) is 72.6. The molecule has 4 heterocycles. The molecule has 16 atom stereocenters. The summed E-state index contributed by atoms with van der Waals surface area (Å²) in [5.74, 6) is -3.05. The minimum atomic E-state index is -1.73. The van der Waals surface area contributed by atoms with Crippen molar-refractivity contribution in [1.82, 2.24) is 0 Å². The molecular weight excluding hydrogens is 740 g/mol. The molecule has 2 aromatic carbocycles. The number of phenols is 1. The smallest absolute Gasteiger partial charge is 0.331 e. The van der Waals surface area contributed by atoms with Crippen LogP contribution in [0.2, 0.25) is 0 Å². The fraction of sp³-hybridized carbons (Fsp3) is 0.487. The second kappa shape index (κ2) is 16.7. The predicted octanol–water partition coefficient (Wildman–Crippen LogP) is -0.504. The number of aliphatic hydroxyl groups excluding tert-OH is 6. The molecule has 7 rings (SSSR count). The van der Waals surface area contributed by atoms with Crippen LogP contribution in [0.1, 0.15) is 18.1 Å². The van der Waals surface area contributed by atoms with Gasteiger partial charge in [-0.05, 0) is 48.4 Å². The highest BCUT2D eigenvalue weighted by atomic mass is 16.8. The number of aromatic hydroxyl groups is 1. The third-order valence-electron chi connectivity index (χ3n) is 10.7. The Labute approximate surface area is 320 Å². The lowest BCUT2D eigenvalue weighted by Gasteiger charge is -2.44. The van der Waals surface area contributed by atoms with Crippen LogP contribution in [0.15, 0.2) is 79.1 Å². The van der Waals surface area contributed by atoms with Gasteiger partial charge in [-0.3, -0.25) is 0 Å². The molecule has 17 nitrogen and oxygen atoms in total. The molecule has 0 bridgehead atoms. The number of fused-ring (bicyclic) bond motifs is 3. The van der Waals surface area contributed by atoms with Crippen LogP contribution >= 0.6 is 0 Å². The van der Waals surface area contributed by atoms with E-state index in [0.717, 1.165) is 6.08 Å². The van der Waals surface area contributed by atoms with Crippen molar-refractivity contribution in [3.8, 4) is 5.75 Å². The third kappa shape index (κ3) is 7.98. The first-order valence-corrected chi connectivity index (χ1v) is 18.1. The van der Waals surface area contributed by atoms with Gasteiger partial charge in [0.1, 0.15) is 48.0 Å². The van der Waals surface area contributed by atoms with Crippen LogP contribution in [0.5, 0.6) is 5.75 Å². The summed E-state index contributed by atoms with van der Waals surface area (Å²) in [4.78, 5) is 26.2. The number of epoxide rings is 1. The van der Waals surface area contributed by atoms with Crippen molar-refractivity contribution >= 4 is 24.1 Å². The van der Waals surface area contributed by atoms with Crippen molar-refractivity contribution in [2.75, 3.05) is 13.2 Å². The summed E-state index contributed by atoms with van der Waals surface area (Å²) in [5.41, 5.74) is 0.0225. The average molecular weight is 785 g/mol. The number of phenolic OH excluding ortho intramolecular Hbond substituents is 1. The van der Waals surface area contributed by atoms with Crippen molar-refractivity contribution in [1.29, 1.82) is 0 Å². The van der Waals surface area contributed by atoms with E-state index in [1.54, 1.807) is 49.4 Å². The molecule has 7 N–H and O–H groups in total. The Morgan fingerprint density at radius 3 is 2.05 bits per heavy atom. The van der Waals surface area contributed by atoms with E-state index < -0.39 is 122 Å². The second-order valence-electron chi connectivity index (χ2n) is 14.2. The van der Waals surface area contributed by atoms with Gasteiger partial charge in [-0.2, -0.15) is 0 Å². The van der Waals surface area contributed by atoms with Crippen LogP contribution in [0, 0.1) is 11.8 Å². The minimum Gasteiger partial charge on any atom is -0.508 e. The highest BCUT2D eigenvalue weighted by molar-refractivity contribution is 5.88. The molecule has 302 valence electrons. The van der Waals surface area contributed by atoms with Crippen LogP contribution < -0.4 is 0 Å². The first-order valence-electron chi connectivity index (χ1n) is 18.1. The Morgan fingerprint density at radius 2 is 1.39 bits per heavy atom. The maximum Gasteiger partial charge on any atom is 0.331 e. The maximum atomic E-state index is 13.2. The van der Waals surface area contributed by atoms with Crippen LogP contribution in [-0.4, -0.2) is 146 Å². The zero-order chi connectivity index (χ0) is 39.7. The van der Waals surface area contributed by atoms with E-state index in [9.17, 15) is 45.3 Å². The van der Waals surface area contributed by atoms with Crippen LogP contribution in [-0.2, 0) is 47.5 Å². The monoisotopic (exact) mass is 784 g/mol. The summed E-state index contributed by atoms with van der Waals surface area (Å²) in [7, 11) is 0. The summed E-state index contributed by atoms with van der Waals surface area (Å²) in [6, 6.07) is 15.0. The lowest BCUT2D eigenvalue weighted by atomic mass is 9.85. The van der Waals surface area contributed by atoms with Gasteiger partial charge in [-0.15, -0.1) is 0 Å². The van der Waals surface area contributed by atoms with Crippen LogP contribution in [0.3, 0.4) is 0 Å². The number of hydrogen-bond acceptors (Lipinski definition) is 17. The van der Waals surface area contributed by atoms with E-state index in [1.165, 1.54) is 36.6 Å². The normalized spacial score (nSPS) is 40.2. The van der Waals surface area contributed by atoms with Crippen molar-refractivity contribution in [3.05, 3.63) is 90.2 Å². The number of esters is 2. The largest absolute Gasteiger partial charge is 0.508 e. The Morgan fingerprint density at radius 1 is 0.750 bits per heavy atom. The molecule has 17 heteroatoms. The van der Waals surface area contributed by atoms with E-state index in [2.05, 4.69) is 0 Å². The van der Waals surface area contributed by atoms with E-state index in [4.69, 9.17) is 37.9 Å². The molecule has 2 aromatic rings. The van der Waals surface area contributed by atoms with Gasteiger partial charge in [0.25, 0.3) is 0 Å². The van der Waals surface area contributed by atoms with Gasteiger partial charge >= 0.3 is 11.9 Å². The van der Waals surface area contributed by atoms with Crippen LogP contribution in [0.25, 0.3) is 12.2 Å². The zero-order valence-electron chi connectivity index (χ0n) is 29.9. The quantitative estimate of drug-likeness (QED) is 0.0814. The number of carbonyl (C=O) groups excluding carboxylic acids is 2. The van der Waals surface area contributed by atoms with E-state index >= 15 is 0 Å². The van der Waals surface area contributed by atoms with E-state index in [-0.39, 0.29) is 5.75 Å². The molecule has 1 aliphatic carbocycles. The van der Waals surface area contributed by atoms with Gasteiger partial charge in [0.05, 0.1) is 37.6 Å². The Kier molecular flexibility index (Phi) is 11.9. The predicted molar refractivity (Wildman–Crippen MR) is 188 cm³/mol. The molecule has 0 amide bonds. The molecule has 0 unspecified atom stereocenters. The number of ether oxygens (including phenoxy) is 8. The van der Waals surface area contributed by atoms with Crippen molar-refractivity contribution in [2.24, 2.45) is 11.8 Å². The molecule has 4 fully saturated rings. The summed E-state index contributed by atoms with van der Waals surface area (Å²) >= 11 is 0. The summed E-state index contributed by atoms with van der Waals surface area (Å²) in [6.45, 7) is 0.354. The van der Waals surface area contributed by atoms with Gasteiger partial charge in [-0.25, -0.2) is 9.59 Å². The van der Waals surface area contributed by atoms with Gasteiger partial charge in [0.2, 0.25) is 6.29 Å². The number of aliphatic hydroxyl groups is 6. The molecular formula is C39H44O17. The number of benzene rings is 2. The molecule has 1 saturated carbocycles. The standard InChI is InChI=1S/C39H44O17/c1-19-32(52-25(43)14-10-21-7-11-22(42)12-8-21)34(53-26(44)13-9-20-5-3-2-4-6-20)31(48)38(50-19)54-33-23-15-16-49-36(27(23)39(18-41)35(33)56-39)55-37-30(47)29(46)28(45)24(17-40)51-37/h2-16,19,23-24,27-38,40-42,45-48H,17-18H2,1H3/b13-9+,14-10+/t19-,23+,24+,27+,28+,29-,30+,31+,32-,33-,34-,35-,36-,37-,38-,39+/m0/s1. The topological polar surface area (TPSA) is 253 Å². The third-order valence-corrected chi connectivity index (χ3v) is 10.7. The van der Waals surface area contributed by atoms with E-state index in [0.29, 0.717) is 11.1 Å². The molecule has 0 radical (unpaired) electrons. The summed E-state index contributed by atoms with van der Waals surface area (Å²) < 4.78 is 47.0. The average Bonchev–Trinajstić information content (AvgIpc) is 3.88. The fourth-order valence-electron chi connectivity index (χ4n) is 7.69. The van der Waals surface area contributed by atoms with Gasteiger partial charge in [0.15, 0.2) is 24.8 Å². The zero-order valence-corrected chi connectivity index (χ0v) is 29.9. The molecule has 56 heavy (non-hydrogen) atoms. The maximum absolute atomic E-state index is 13.2.